The molecule has 1 aliphatic heterocycles. The van der Waals surface area contributed by atoms with Gasteiger partial charge < -0.3 is 10.2 Å². The molecule has 0 atom stereocenters. The molecule has 0 bridgehead atoms. The first-order valence-electron chi connectivity index (χ1n) is 3.20. The van der Waals surface area contributed by atoms with Crippen LogP contribution in [-0.2, 0) is 0 Å². The zero-order chi connectivity index (χ0) is 9.30. The van der Waals surface area contributed by atoms with Crippen molar-refractivity contribution < 1.29 is 19.8 Å². The van der Waals surface area contributed by atoms with Gasteiger partial charge in [-0.1, -0.05) is 6.58 Å². The number of carbonyl (C=O) groups is 2. The molecule has 6 nitrogen and oxygen atoms in total. The topological polar surface area (TPSA) is 81.1 Å². The zero-order valence-corrected chi connectivity index (χ0v) is 6.23. The Morgan fingerprint density at radius 3 is 1.75 bits per heavy atom. The lowest BCUT2D eigenvalue weighted by atomic mass is 10.3. The van der Waals surface area contributed by atoms with E-state index in [9.17, 15) is 9.59 Å². The largest absolute Gasteiger partial charge is 0.464 e. The molecule has 1 saturated heterocycles. The van der Waals surface area contributed by atoms with Crippen molar-refractivity contribution in [1.82, 2.24) is 10.0 Å². The Morgan fingerprint density at radius 1 is 1.17 bits per heavy atom. The number of hydrogen-bond acceptors (Lipinski definition) is 2. The number of hydrazine groups is 1. The fourth-order valence-electron chi connectivity index (χ4n) is 0.986. The number of carboxylic acid groups (broad SMARTS) is 2. The van der Waals surface area contributed by atoms with Gasteiger partial charge in [-0.2, -0.15) is 0 Å². The van der Waals surface area contributed by atoms with Crippen molar-refractivity contribution in [2.75, 3.05) is 13.1 Å². The molecule has 6 heteroatoms. The van der Waals surface area contributed by atoms with Crippen molar-refractivity contribution >= 4 is 12.2 Å². The fraction of sp³-hybridized carbons (Fsp3) is 0.333. The summed E-state index contributed by atoms with van der Waals surface area (Å²) >= 11 is 0. The number of amides is 2. The highest BCUT2D eigenvalue weighted by molar-refractivity contribution is 5.73. The van der Waals surface area contributed by atoms with Gasteiger partial charge >= 0.3 is 12.2 Å². The van der Waals surface area contributed by atoms with Gasteiger partial charge in [-0.25, -0.2) is 19.6 Å². The minimum atomic E-state index is -1.28. The van der Waals surface area contributed by atoms with Gasteiger partial charge in [0.2, 0.25) is 0 Å². The minimum absolute atomic E-state index is 0.0572. The molecular formula is C6H8N2O4. The first-order valence-corrected chi connectivity index (χ1v) is 3.20. The van der Waals surface area contributed by atoms with E-state index < -0.39 is 12.2 Å². The summed E-state index contributed by atoms with van der Waals surface area (Å²) in [5.74, 6) is 0. The number of nitrogens with zero attached hydrogens (tertiary/aromatic N) is 2. The number of rotatable bonds is 0. The van der Waals surface area contributed by atoms with Crippen molar-refractivity contribution in [2.24, 2.45) is 0 Å². The van der Waals surface area contributed by atoms with Crippen molar-refractivity contribution in [1.29, 1.82) is 0 Å². The van der Waals surface area contributed by atoms with Gasteiger partial charge in [-0.15, -0.1) is 0 Å². The molecule has 0 aromatic heterocycles. The zero-order valence-electron chi connectivity index (χ0n) is 6.23. The summed E-state index contributed by atoms with van der Waals surface area (Å²) in [5.41, 5.74) is 0.569. The molecule has 66 valence electrons. The van der Waals surface area contributed by atoms with Crippen LogP contribution in [0.25, 0.3) is 0 Å². The normalized spacial score (nSPS) is 16.8. The SMILES string of the molecule is C=C1CN(C(=O)O)N(C(=O)O)C1. The van der Waals surface area contributed by atoms with E-state index in [1.807, 2.05) is 0 Å². The minimum Gasteiger partial charge on any atom is -0.464 e. The molecule has 1 fully saturated rings. The second-order valence-corrected chi connectivity index (χ2v) is 2.43. The highest BCUT2D eigenvalue weighted by Gasteiger charge is 2.32. The fourth-order valence-corrected chi connectivity index (χ4v) is 0.986. The van der Waals surface area contributed by atoms with Crippen LogP contribution in [0.4, 0.5) is 9.59 Å². The van der Waals surface area contributed by atoms with E-state index in [0.717, 1.165) is 0 Å². The molecule has 0 radical (unpaired) electrons. The molecule has 12 heavy (non-hydrogen) atoms. The lowest BCUT2D eigenvalue weighted by molar-refractivity contribution is 0.0355. The van der Waals surface area contributed by atoms with Crippen LogP contribution < -0.4 is 0 Å². The third kappa shape index (κ3) is 1.31. The third-order valence-corrected chi connectivity index (χ3v) is 1.48. The van der Waals surface area contributed by atoms with E-state index in [0.29, 0.717) is 15.6 Å². The van der Waals surface area contributed by atoms with Gasteiger partial charge in [0.15, 0.2) is 0 Å². The van der Waals surface area contributed by atoms with E-state index in [2.05, 4.69) is 6.58 Å². The van der Waals surface area contributed by atoms with Crippen molar-refractivity contribution in [3.63, 3.8) is 0 Å². The maximum Gasteiger partial charge on any atom is 0.426 e. The average molecular weight is 172 g/mol. The van der Waals surface area contributed by atoms with Gasteiger partial charge in [-0.05, 0) is 5.57 Å². The quantitative estimate of drug-likeness (QED) is 0.519. The second-order valence-electron chi connectivity index (χ2n) is 2.43. The van der Waals surface area contributed by atoms with Gasteiger partial charge in [0, 0.05) is 0 Å². The molecule has 0 unspecified atom stereocenters. The Kier molecular flexibility index (Phi) is 1.90. The summed E-state index contributed by atoms with van der Waals surface area (Å²) in [6, 6.07) is 0. The predicted molar refractivity (Wildman–Crippen MR) is 38.6 cm³/mol. The van der Waals surface area contributed by atoms with Crippen LogP contribution in [0.1, 0.15) is 0 Å². The lowest BCUT2D eigenvalue weighted by Gasteiger charge is -2.20. The molecule has 0 aromatic carbocycles. The maximum atomic E-state index is 10.4. The van der Waals surface area contributed by atoms with Crippen molar-refractivity contribution in [3.05, 3.63) is 12.2 Å². The van der Waals surface area contributed by atoms with E-state index in [4.69, 9.17) is 10.2 Å². The molecule has 1 heterocycles. The van der Waals surface area contributed by atoms with Gasteiger partial charge in [0.05, 0.1) is 13.1 Å². The van der Waals surface area contributed by atoms with E-state index in [1.165, 1.54) is 0 Å². The molecule has 2 amide bonds. The summed E-state index contributed by atoms with van der Waals surface area (Å²) < 4.78 is 0. The molecule has 2 N–H and O–H groups in total. The Balaban J connectivity index is 2.79. The monoisotopic (exact) mass is 172 g/mol. The first kappa shape index (κ1) is 8.38. The summed E-state index contributed by atoms with van der Waals surface area (Å²) in [7, 11) is 0. The van der Waals surface area contributed by atoms with Gasteiger partial charge in [0.1, 0.15) is 0 Å². The first-order chi connectivity index (χ1) is 5.52. The smallest absolute Gasteiger partial charge is 0.426 e. The second kappa shape index (κ2) is 2.72. The Hall–Kier alpha value is -1.72. The predicted octanol–water partition coefficient (Wildman–Crippen LogP) is 0.431. The van der Waals surface area contributed by atoms with Crippen molar-refractivity contribution in [3.8, 4) is 0 Å². The summed E-state index contributed by atoms with van der Waals surface area (Å²) in [4.78, 5) is 20.9. The summed E-state index contributed by atoms with van der Waals surface area (Å²) in [6.07, 6.45) is -2.56. The molecule has 0 saturated carbocycles. The van der Waals surface area contributed by atoms with Crippen LogP contribution in [0, 0.1) is 0 Å². The summed E-state index contributed by atoms with van der Waals surface area (Å²) in [5, 5.41) is 18.5. The van der Waals surface area contributed by atoms with Gasteiger partial charge in [-0.3, -0.25) is 0 Å². The highest BCUT2D eigenvalue weighted by atomic mass is 16.4. The maximum absolute atomic E-state index is 10.4. The standard InChI is InChI=1S/C6H8N2O4/c1-4-2-7(5(9)10)8(3-4)6(11)12/h1-3H2,(H,9,10)(H,11,12). The van der Waals surface area contributed by atoms with E-state index in [-0.39, 0.29) is 13.1 Å². The van der Waals surface area contributed by atoms with E-state index >= 15 is 0 Å². The lowest BCUT2D eigenvalue weighted by Crippen LogP contribution is -2.43. The molecule has 0 spiro atoms. The molecule has 0 aromatic rings. The van der Waals surface area contributed by atoms with Crippen LogP contribution in [0.15, 0.2) is 12.2 Å². The van der Waals surface area contributed by atoms with Crippen LogP contribution in [0.5, 0.6) is 0 Å². The van der Waals surface area contributed by atoms with Crippen LogP contribution in [0.3, 0.4) is 0 Å². The van der Waals surface area contributed by atoms with Crippen molar-refractivity contribution in [2.45, 2.75) is 0 Å². The third-order valence-electron chi connectivity index (χ3n) is 1.48. The molecule has 1 aliphatic rings. The van der Waals surface area contributed by atoms with E-state index in [1.54, 1.807) is 0 Å². The Morgan fingerprint density at radius 2 is 1.50 bits per heavy atom. The number of hydrogen-bond donors (Lipinski definition) is 2. The average Bonchev–Trinajstić information content (AvgIpc) is 2.31. The van der Waals surface area contributed by atoms with Crippen LogP contribution in [0.2, 0.25) is 0 Å². The molecule has 1 rings (SSSR count). The Bertz CT molecular complexity index is 226. The van der Waals surface area contributed by atoms with Crippen LogP contribution in [-0.4, -0.2) is 45.5 Å². The molecule has 0 aliphatic carbocycles. The highest BCUT2D eigenvalue weighted by Crippen LogP contribution is 2.13. The Labute approximate surface area is 68.3 Å². The molecular weight excluding hydrogens is 164 g/mol. The van der Waals surface area contributed by atoms with Gasteiger partial charge in [0.25, 0.3) is 0 Å². The van der Waals surface area contributed by atoms with Crippen LogP contribution >= 0.6 is 0 Å². The summed E-state index contributed by atoms with van der Waals surface area (Å²) in [6.45, 7) is 3.62.